The molecule has 0 aliphatic heterocycles. The van der Waals surface area contributed by atoms with E-state index in [0.29, 0.717) is 17.4 Å². The molecule has 0 aliphatic rings. The second-order valence-electron chi connectivity index (χ2n) is 4.79. The minimum atomic E-state index is -0.439. The van der Waals surface area contributed by atoms with Crippen LogP contribution in [-0.2, 0) is 20.7 Å². The average Bonchev–Trinajstić information content (AvgIpc) is 3.07. The first-order valence-electron chi connectivity index (χ1n) is 6.91. The molecule has 0 bridgehead atoms. The predicted molar refractivity (Wildman–Crippen MR) is 82.8 cm³/mol. The average molecular weight is 322 g/mol. The van der Waals surface area contributed by atoms with Crippen LogP contribution in [0.25, 0.3) is 0 Å². The quantitative estimate of drug-likeness (QED) is 0.822. The van der Waals surface area contributed by atoms with Gasteiger partial charge in [0.25, 0.3) is 5.91 Å². The maximum atomic E-state index is 12.2. The SMILES string of the molecule is CCOC(=O)Cc1csc(NC(=O)C(C)n2cc(C)cn2)n1. The van der Waals surface area contributed by atoms with E-state index in [2.05, 4.69) is 15.4 Å². The lowest BCUT2D eigenvalue weighted by molar-refractivity contribution is -0.142. The number of nitrogens with one attached hydrogen (secondary N) is 1. The molecule has 8 heteroatoms. The van der Waals surface area contributed by atoms with Crippen LogP contribution in [0.4, 0.5) is 5.13 Å². The Morgan fingerprint density at radius 3 is 2.91 bits per heavy atom. The van der Waals surface area contributed by atoms with Crippen LogP contribution in [0.2, 0.25) is 0 Å². The number of esters is 1. The monoisotopic (exact) mass is 322 g/mol. The summed E-state index contributed by atoms with van der Waals surface area (Å²) in [7, 11) is 0. The highest BCUT2D eigenvalue weighted by molar-refractivity contribution is 7.13. The van der Waals surface area contributed by atoms with Crippen LogP contribution >= 0.6 is 11.3 Å². The molecule has 7 nitrogen and oxygen atoms in total. The number of ether oxygens (including phenoxy) is 1. The summed E-state index contributed by atoms with van der Waals surface area (Å²) in [6, 6.07) is -0.439. The molecule has 1 N–H and O–H groups in total. The largest absolute Gasteiger partial charge is 0.466 e. The van der Waals surface area contributed by atoms with Gasteiger partial charge in [0.15, 0.2) is 5.13 Å². The molecule has 2 aromatic heterocycles. The van der Waals surface area contributed by atoms with Crippen molar-refractivity contribution in [2.75, 3.05) is 11.9 Å². The molecule has 0 fully saturated rings. The van der Waals surface area contributed by atoms with Crippen molar-refractivity contribution in [3.63, 3.8) is 0 Å². The minimum absolute atomic E-state index is 0.105. The van der Waals surface area contributed by atoms with Gasteiger partial charge in [0.1, 0.15) is 6.04 Å². The van der Waals surface area contributed by atoms with Gasteiger partial charge in [-0.2, -0.15) is 5.10 Å². The van der Waals surface area contributed by atoms with E-state index in [4.69, 9.17) is 4.74 Å². The van der Waals surface area contributed by atoms with Crippen LogP contribution < -0.4 is 5.32 Å². The Morgan fingerprint density at radius 1 is 1.50 bits per heavy atom. The van der Waals surface area contributed by atoms with Crippen molar-refractivity contribution >= 4 is 28.3 Å². The number of hydrogen-bond donors (Lipinski definition) is 1. The van der Waals surface area contributed by atoms with Crippen LogP contribution in [0.1, 0.15) is 31.1 Å². The van der Waals surface area contributed by atoms with Gasteiger partial charge in [0.2, 0.25) is 0 Å². The number of amides is 1. The Morgan fingerprint density at radius 2 is 2.27 bits per heavy atom. The fraction of sp³-hybridized carbons (Fsp3) is 0.429. The predicted octanol–water partition coefficient (Wildman–Crippen LogP) is 1.95. The smallest absolute Gasteiger partial charge is 0.311 e. The number of rotatable bonds is 6. The number of aryl methyl sites for hydroxylation is 1. The van der Waals surface area contributed by atoms with Gasteiger partial charge in [-0.15, -0.1) is 11.3 Å². The molecule has 0 saturated heterocycles. The molecular formula is C14H18N4O3S. The third-order valence-electron chi connectivity index (χ3n) is 2.92. The highest BCUT2D eigenvalue weighted by Crippen LogP contribution is 2.18. The van der Waals surface area contributed by atoms with Gasteiger partial charge in [-0.05, 0) is 26.3 Å². The molecule has 118 valence electrons. The molecule has 0 saturated carbocycles. The summed E-state index contributed by atoms with van der Waals surface area (Å²) in [5.74, 6) is -0.536. The van der Waals surface area contributed by atoms with Crippen molar-refractivity contribution in [2.24, 2.45) is 0 Å². The standard InChI is InChI=1S/C14H18N4O3S/c1-4-21-12(19)5-11-8-22-14(16-11)17-13(20)10(3)18-7-9(2)6-15-18/h6-8,10H,4-5H2,1-3H3,(H,16,17,20). The van der Waals surface area contributed by atoms with Crippen molar-refractivity contribution in [3.05, 3.63) is 29.0 Å². The van der Waals surface area contributed by atoms with Crippen LogP contribution in [0, 0.1) is 6.92 Å². The normalized spacial score (nSPS) is 12.0. The number of thiazole rings is 1. The summed E-state index contributed by atoms with van der Waals surface area (Å²) in [6.45, 7) is 5.77. The third-order valence-corrected chi connectivity index (χ3v) is 3.73. The van der Waals surface area contributed by atoms with Crippen molar-refractivity contribution in [1.29, 1.82) is 0 Å². The molecule has 2 rings (SSSR count). The van der Waals surface area contributed by atoms with Gasteiger partial charge in [-0.25, -0.2) is 4.98 Å². The highest BCUT2D eigenvalue weighted by Gasteiger charge is 2.17. The molecular weight excluding hydrogens is 304 g/mol. The number of aromatic nitrogens is 3. The van der Waals surface area contributed by atoms with E-state index in [-0.39, 0.29) is 18.3 Å². The fourth-order valence-electron chi connectivity index (χ4n) is 1.78. The van der Waals surface area contributed by atoms with Crippen molar-refractivity contribution in [1.82, 2.24) is 14.8 Å². The summed E-state index contributed by atoms with van der Waals surface area (Å²) in [4.78, 5) is 27.8. The Labute approximate surface area is 132 Å². The summed E-state index contributed by atoms with van der Waals surface area (Å²) >= 11 is 1.28. The van der Waals surface area contributed by atoms with E-state index in [1.807, 2.05) is 6.92 Å². The van der Waals surface area contributed by atoms with Gasteiger partial charge in [-0.3, -0.25) is 14.3 Å². The fourth-order valence-corrected chi connectivity index (χ4v) is 2.49. The van der Waals surface area contributed by atoms with E-state index in [1.54, 1.807) is 36.3 Å². The molecule has 2 aromatic rings. The van der Waals surface area contributed by atoms with Gasteiger partial charge < -0.3 is 10.1 Å². The summed E-state index contributed by atoms with van der Waals surface area (Å²) in [6.07, 6.45) is 3.61. The molecule has 1 unspecified atom stereocenters. The van der Waals surface area contributed by atoms with Crippen molar-refractivity contribution in [2.45, 2.75) is 33.2 Å². The number of anilines is 1. The zero-order chi connectivity index (χ0) is 16.1. The Balaban J connectivity index is 1.94. The van der Waals surface area contributed by atoms with Gasteiger partial charge in [0, 0.05) is 11.6 Å². The third kappa shape index (κ3) is 4.14. The molecule has 1 atom stereocenters. The maximum absolute atomic E-state index is 12.2. The molecule has 0 aromatic carbocycles. The molecule has 0 aliphatic carbocycles. The van der Waals surface area contributed by atoms with Crippen LogP contribution in [0.3, 0.4) is 0 Å². The number of nitrogens with zero attached hydrogens (tertiary/aromatic N) is 3. The van der Waals surface area contributed by atoms with Crippen LogP contribution in [-0.4, -0.2) is 33.2 Å². The van der Waals surface area contributed by atoms with Crippen molar-refractivity contribution < 1.29 is 14.3 Å². The maximum Gasteiger partial charge on any atom is 0.311 e. The van der Waals surface area contributed by atoms with Gasteiger partial charge >= 0.3 is 5.97 Å². The number of carbonyl (C=O) groups excluding carboxylic acids is 2. The first-order valence-corrected chi connectivity index (χ1v) is 7.79. The highest BCUT2D eigenvalue weighted by atomic mass is 32.1. The molecule has 0 spiro atoms. The van der Waals surface area contributed by atoms with E-state index >= 15 is 0 Å². The Kier molecular flexibility index (Phi) is 5.26. The van der Waals surface area contributed by atoms with E-state index in [1.165, 1.54) is 11.3 Å². The molecule has 0 radical (unpaired) electrons. The van der Waals surface area contributed by atoms with Crippen LogP contribution in [0.15, 0.2) is 17.8 Å². The van der Waals surface area contributed by atoms with Crippen molar-refractivity contribution in [3.8, 4) is 0 Å². The topological polar surface area (TPSA) is 86.1 Å². The summed E-state index contributed by atoms with van der Waals surface area (Å²) in [5, 5.41) is 9.04. The summed E-state index contributed by atoms with van der Waals surface area (Å²) < 4.78 is 6.46. The second kappa shape index (κ2) is 7.17. The first kappa shape index (κ1) is 16.2. The zero-order valence-corrected chi connectivity index (χ0v) is 13.5. The first-order chi connectivity index (χ1) is 10.5. The lowest BCUT2D eigenvalue weighted by atomic mass is 10.3. The van der Waals surface area contributed by atoms with Gasteiger partial charge in [-0.1, -0.05) is 0 Å². The van der Waals surface area contributed by atoms with E-state index < -0.39 is 6.04 Å². The van der Waals surface area contributed by atoms with E-state index in [9.17, 15) is 9.59 Å². The molecule has 22 heavy (non-hydrogen) atoms. The Bertz CT molecular complexity index is 665. The zero-order valence-electron chi connectivity index (χ0n) is 12.7. The molecule has 2 heterocycles. The van der Waals surface area contributed by atoms with Gasteiger partial charge in [0.05, 0.1) is 24.9 Å². The van der Waals surface area contributed by atoms with E-state index in [0.717, 1.165) is 5.56 Å². The van der Waals surface area contributed by atoms with Crippen LogP contribution in [0.5, 0.6) is 0 Å². The minimum Gasteiger partial charge on any atom is -0.466 e. The summed E-state index contributed by atoms with van der Waals surface area (Å²) in [5.41, 5.74) is 1.58. The lowest BCUT2D eigenvalue weighted by Gasteiger charge is -2.10. The molecule has 1 amide bonds. The second-order valence-corrected chi connectivity index (χ2v) is 5.65. The lowest BCUT2D eigenvalue weighted by Crippen LogP contribution is -2.24. The Hall–Kier alpha value is -2.22. The number of carbonyl (C=O) groups is 2. The number of hydrogen-bond acceptors (Lipinski definition) is 6.